The maximum Gasteiger partial charge on any atom is 0.261 e. The van der Waals surface area contributed by atoms with Gasteiger partial charge >= 0.3 is 0 Å². The van der Waals surface area contributed by atoms with Gasteiger partial charge in [-0.15, -0.1) is 0 Å². The Labute approximate surface area is 121 Å². The van der Waals surface area contributed by atoms with Crippen LogP contribution in [0.25, 0.3) is 0 Å². The SMILES string of the molecule is N#CCOc1ccc(NS(=O)(=O)c2cccc(F)c2)cc1. The van der Waals surface area contributed by atoms with Crippen molar-refractivity contribution in [2.75, 3.05) is 11.3 Å². The maximum atomic E-state index is 13.1. The lowest BCUT2D eigenvalue weighted by Crippen LogP contribution is -2.13. The van der Waals surface area contributed by atoms with Crippen molar-refractivity contribution in [1.82, 2.24) is 0 Å². The summed E-state index contributed by atoms with van der Waals surface area (Å²) in [7, 11) is -3.85. The van der Waals surface area contributed by atoms with E-state index in [1.54, 1.807) is 0 Å². The zero-order chi connectivity index (χ0) is 15.3. The third-order valence-corrected chi connectivity index (χ3v) is 3.90. The van der Waals surface area contributed by atoms with E-state index in [9.17, 15) is 12.8 Å². The minimum atomic E-state index is -3.85. The second-order valence-corrected chi connectivity index (χ2v) is 5.72. The van der Waals surface area contributed by atoms with Crippen molar-refractivity contribution in [3.63, 3.8) is 0 Å². The molecule has 108 valence electrons. The topological polar surface area (TPSA) is 79.2 Å². The van der Waals surface area contributed by atoms with Crippen molar-refractivity contribution in [1.29, 1.82) is 5.26 Å². The van der Waals surface area contributed by atoms with Crippen molar-refractivity contribution in [2.24, 2.45) is 0 Å². The molecule has 21 heavy (non-hydrogen) atoms. The number of sulfonamides is 1. The van der Waals surface area contributed by atoms with E-state index in [-0.39, 0.29) is 11.5 Å². The van der Waals surface area contributed by atoms with E-state index in [1.165, 1.54) is 42.5 Å². The predicted octanol–water partition coefficient (Wildman–Crippen LogP) is 2.53. The first-order valence-electron chi connectivity index (χ1n) is 5.89. The number of benzene rings is 2. The summed E-state index contributed by atoms with van der Waals surface area (Å²) in [5, 5.41) is 8.39. The van der Waals surface area contributed by atoms with E-state index in [0.29, 0.717) is 11.4 Å². The van der Waals surface area contributed by atoms with Gasteiger partial charge in [-0.05, 0) is 42.5 Å². The lowest BCUT2D eigenvalue weighted by molar-refractivity contribution is 0.368. The number of hydrogen-bond acceptors (Lipinski definition) is 4. The first-order valence-corrected chi connectivity index (χ1v) is 7.38. The van der Waals surface area contributed by atoms with Gasteiger partial charge in [0.1, 0.15) is 17.6 Å². The predicted molar refractivity (Wildman–Crippen MR) is 74.8 cm³/mol. The third-order valence-electron chi connectivity index (χ3n) is 2.52. The molecule has 5 nitrogen and oxygen atoms in total. The van der Waals surface area contributed by atoms with E-state index in [2.05, 4.69) is 4.72 Å². The summed E-state index contributed by atoms with van der Waals surface area (Å²) in [5.74, 6) is -0.177. The van der Waals surface area contributed by atoms with E-state index in [1.807, 2.05) is 6.07 Å². The Bertz CT molecular complexity index is 768. The number of nitrogens with one attached hydrogen (secondary N) is 1. The van der Waals surface area contributed by atoms with Crippen molar-refractivity contribution in [2.45, 2.75) is 4.90 Å². The Balaban J connectivity index is 2.15. The molecule has 0 atom stereocenters. The third kappa shape index (κ3) is 3.94. The van der Waals surface area contributed by atoms with Gasteiger partial charge in [-0.3, -0.25) is 4.72 Å². The van der Waals surface area contributed by atoms with Gasteiger partial charge < -0.3 is 4.74 Å². The molecule has 0 saturated carbocycles. The van der Waals surface area contributed by atoms with E-state index in [0.717, 1.165) is 6.07 Å². The summed E-state index contributed by atoms with van der Waals surface area (Å²) < 4.78 is 44.6. The van der Waals surface area contributed by atoms with Gasteiger partial charge in [0, 0.05) is 5.69 Å². The normalized spacial score (nSPS) is 10.7. The molecule has 7 heteroatoms. The molecule has 0 unspecified atom stereocenters. The zero-order valence-electron chi connectivity index (χ0n) is 10.8. The van der Waals surface area contributed by atoms with Crippen LogP contribution in [-0.4, -0.2) is 15.0 Å². The molecule has 0 saturated heterocycles. The number of anilines is 1. The second-order valence-electron chi connectivity index (χ2n) is 4.03. The molecule has 2 aromatic rings. The molecule has 2 aromatic carbocycles. The number of nitrogens with zero attached hydrogens (tertiary/aromatic N) is 1. The Kier molecular flexibility index (Phi) is 4.40. The van der Waals surface area contributed by atoms with Crippen LogP contribution in [0, 0.1) is 17.1 Å². The molecule has 1 N–H and O–H groups in total. The fourth-order valence-corrected chi connectivity index (χ4v) is 2.67. The van der Waals surface area contributed by atoms with E-state index in [4.69, 9.17) is 10.00 Å². The molecule has 0 aromatic heterocycles. The zero-order valence-corrected chi connectivity index (χ0v) is 11.6. The molecule has 0 heterocycles. The lowest BCUT2D eigenvalue weighted by atomic mass is 10.3. The fraction of sp³-hybridized carbons (Fsp3) is 0.0714. The van der Waals surface area contributed by atoms with Gasteiger partial charge in [0.15, 0.2) is 6.61 Å². The highest BCUT2D eigenvalue weighted by atomic mass is 32.2. The quantitative estimate of drug-likeness (QED) is 0.920. The van der Waals surface area contributed by atoms with Crippen LogP contribution in [0.1, 0.15) is 0 Å². The number of nitriles is 1. The molecule has 0 fully saturated rings. The summed E-state index contributed by atoms with van der Waals surface area (Å²) in [5.41, 5.74) is 0.309. The second kappa shape index (κ2) is 6.24. The molecular formula is C14H11FN2O3S. The van der Waals surface area contributed by atoms with Gasteiger partial charge in [0.05, 0.1) is 4.90 Å². The number of halogens is 1. The Morgan fingerprint density at radius 1 is 1.19 bits per heavy atom. The van der Waals surface area contributed by atoms with Crippen LogP contribution < -0.4 is 9.46 Å². The van der Waals surface area contributed by atoms with E-state index >= 15 is 0 Å². The summed E-state index contributed by atoms with van der Waals surface area (Å²) in [6, 6.07) is 12.6. The number of hydrogen-bond donors (Lipinski definition) is 1. The van der Waals surface area contributed by atoms with Gasteiger partial charge in [-0.1, -0.05) is 6.07 Å². The molecule has 0 radical (unpaired) electrons. The minimum Gasteiger partial charge on any atom is -0.479 e. The van der Waals surface area contributed by atoms with Crippen molar-refractivity contribution in [3.05, 3.63) is 54.3 Å². The van der Waals surface area contributed by atoms with Crippen molar-refractivity contribution < 1.29 is 17.5 Å². The molecular weight excluding hydrogens is 295 g/mol. The number of rotatable bonds is 5. The van der Waals surface area contributed by atoms with Crippen LogP contribution in [0.5, 0.6) is 5.75 Å². The van der Waals surface area contributed by atoms with Crippen LogP contribution in [0.3, 0.4) is 0 Å². The standard InChI is InChI=1S/C14H11FN2O3S/c15-11-2-1-3-14(10-11)21(18,19)17-12-4-6-13(7-5-12)20-9-8-16/h1-7,10,17H,9H2. The summed E-state index contributed by atoms with van der Waals surface area (Å²) in [6.45, 7) is -0.0889. The maximum absolute atomic E-state index is 13.1. The molecule has 2 rings (SSSR count). The summed E-state index contributed by atoms with van der Waals surface area (Å²) >= 11 is 0. The smallest absolute Gasteiger partial charge is 0.261 e. The van der Waals surface area contributed by atoms with Crippen LogP contribution in [0.2, 0.25) is 0 Å². The highest BCUT2D eigenvalue weighted by molar-refractivity contribution is 7.92. The van der Waals surface area contributed by atoms with Crippen LogP contribution in [-0.2, 0) is 10.0 Å². The fourth-order valence-electron chi connectivity index (χ4n) is 1.58. The summed E-state index contributed by atoms with van der Waals surface area (Å²) in [4.78, 5) is -0.160. The monoisotopic (exact) mass is 306 g/mol. The van der Waals surface area contributed by atoms with Crippen molar-refractivity contribution in [3.8, 4) is 11.8 Å². The Hall–Kier alpha value is -2.59. The van der Waals surface area contributed by atoms with Crippen LogP contribution in [0.4, 0.5) is 10.1 Å². The first-order chi connectivity index (χ1) is 10.0. The van der Waals surface area contributed by atoms with Gasteiger partial charge in [0.2, 0.25) is 0 Å². The Morgan fingerprint density at radius 2 is 1.90 bits per heavy atom. The van der Waals surface area contributed by atoms with Crippen molar-refractivity contribution >= 4 is 15.7 Å². The average Bonchev–Trinajstić information content (AvgIpc) is 2.46. The Morgan fingerprint density at radius 3 is 2.52 bits per heavy atom. The van der Waals surface area contributed by atoms with Crippen LogP contribution in [0.15, 0.2) is 53.4 Å². The highest BCUT2D eigenvalue weighted by Crippen LogP contribution is 2.19. The van der Waals surface area contributed by atoms with Gasteiger partial charge in [-0.25, -0.2) is 12.8 Å². The van der Waals surface area contributed by atoms with Crippen LogP contribution >= 0.6 is 0 Å². The minimum absolute atomic E-state index is 0.0889. The first kappa shape index (κ1) is 14.8. The summed E-state index contributed by atoms with van der Waals surface area (Å²) in [6.07, 6.45) is 0. The van der Waals surface area contributed by atoms with E-state index < -0.39 is 15.8 Å². The number of ether oxygens (including phenoxy) is 1. The van der Waals surface area contributed by atoms with Gasteiger partial charge in [-0.2, -0.15) is 5.26 Å². The largest absolute Gasteiger partial charge is 0.479 e. The lowest BCUT2D eigenvalue weighted by Gasteiger charge is -2.09. The molecule has 0 amide bonds. The molecule has 0 bridgehead atoms. The molecule has 0 aliphatic heterocycles. The van der Waals surface area contributed by atoms with Gasteiger partial charge in [0.25, 0.3) is 10.0 Å². The highest BCUT2D eigenvalue weighted by Gasteiger charge is 2.14. The molecule has 0 aliphatic rings. The molecule has 0 spiro atoms. The molecule has 0 aliphatic carbocycles. The average molecular weight is 306 g/mol.